The van der Waals surface area contributed by atoms with E-state index in [4.69, 9.17) is 28.3 Å². The molecule has 1 atom stereocenters. The first kappa shape index (κ1) is 22.1. The summed E-state index contributed by atoms with van der Waals surface area (Å²) in [7, 11) is 2.98. The number of aliphatic hydroxyl groups is 2. The van der Waals surface area contributed by atoms with Crippen molar-refractivity contribution in [2.24, 2.45) is 0 Å². The van der Waals surface area contributed by atoms with Gasteiger partial charge < -0.3 is 10.2 Å². The highest BCUT2D eigenvalue weighted by Gasteiger charge is 2.35. The van der Waals surface area contributed by atoms with Crippen molar-refractivity contribution in [1.82, 2.24) is 9.71 Å². The van der Waals surface area contributed by atoms with Crippen LogP contribution in [0.25, 0.3) is 0 Å². The van der Waals surface area contributed by atoms with E-state index in [1.54, 1.807) is 0 Å². The zero-order chi connectivity index (χ0) is 18.7. The van der Waals surface area contributed by atoms with Gasteiger partial charge in [-0.3, -0.25) is 4.90 Å². The van der Waals surface area contributed by atoms with Crippen molar-refractivity contribution in [2.45, 2.75) is 25.8 Å². The molecule has 0 heterocycles. The fourth-order valence-corrected chi connectivity index (χ4v) is 4.63. The van der Waals surface area contributed by atoms with Gasteiger partial charge in [-0.25, -0.2) is 0 Å². The second kappa shape index (κ2) is 9.12. The number of aliphatic hydroxyl groups excluding tert-OH is 2. The molecule has 0 aliphatic rings. The fourth-order valence-electron chi connectivity index (χ4n) is 2.52. The topological polar surface area (TPSA) is 84.2 Å². The molecular weight excluding hydrogens is 423 g/mol. The molecule has 0 saturated carbocycles. The SMILES string of the molecule is CC(CCO)c1c(Cl)c(CN(C)CCO)c(Br)c([N+](C)(O)O)c1Cl. The summed E-state index contributed by atoms with van der Waals surface area (Å²) < 4.78 is 0.398. The van der Waals surface area contributed by atoms with Crippen molar-refractivity contribution >= 4 is 44.8 Å². The zero-order valence-electron chi connectivity index (χ0n) is 13.9. The van der Waals surface area contributed by atoms with Crippen LogP contribution in [-0.2, 0) is 6.54 Å². The van der Waals surface area contributed by atoms with Crippen molar-refractivity contribution in [1.29, 1.82) is 0 Å². The van der Waals surface area contributed by atoms with Gasteiger partial charge in [0.05, 0.1) is 16.1 Å². The minimum absolute atomic E-state index is 0.00622. The number of hydrogen-bond acceptors (Lipinski definition) is 5. The standard InChI is InChI=1S/C15H24BrCl2N2O4/c1-9(4-6-21)11-13(17)10(8-19(2)5-7-22)12(16)15(14(11)18)20(3,23)24/h9,21-24H,4-8H2,1-3H3/q+1. The third-order valence-corrected chi connectivity index (χ3v) is 5.48. The zero-order valence-corrected chi connectivity index (χ0v) is 17.0. The number of quaternary nitrogens is 1. The van der Waals surface area contributed by atoms with E-state index in [1.807, 2.05) is 18.9 Å². The Morgan fingerprint density at radius 2 is 1.75 bits per heavy atom. The molecule has 24 heavy (non-hydrogen) atoms. The maximum absolute atomic E-state index is 10.1. The summed E-state index contributed by atoms with van der Waals surface area (Å²) in [6, 6.07) is 0. The lowest BCUT2D eigenvalue weighted by Crippen LogP contribution is -2.38. The van der Waals surface area contributed by atoms with Crippen LogP contribution in [0.15, 0.2) is 4.47 Å². The second-order valence-electron chi connectivity index (χ2n) is 5.97. The molecule has 0 aromatic heterocycles. The highest BCUT2D eigenvalue weighted by molar-refractivity contribution is 9.10. The van der Waals surface area contributed by atoms with Crippen LogP contribution in [0.1, 0.15) is 30.4 Å². The van der Waals surface area contributed by atoms with Gasteiger partial charge in [0, 0.05) is 25.3 Å². The van der Waals surface area contributed by atoms with Gasteiger partial charge in [-0.15, -0.1) is 0 Å². The molecule has 4 N–H and O–H groups in total. The Kier molecular flexibility index (Phi) is 8.39. The Morgan fingerprint density at radius 1 is 1.17 bits per heavy atom. The van der Waals surface area contributed by atoms with Gasteiger partial charge in [-0.05, 0) is 45.7 Å². The summed E-state index contributed by atoms with van der Waals surface area (Å²) in [6.07, 6.45) is 0.438. The van der Waals surface area contributed by atoms with Crippen molar-refractivity contribution < 1.29 is 20.6 Å². The van der Waals surface area contributed by atoms with Crippen molar-refractivity contribution in [3.8, 4) is 0 Å². The van der Waals surface area contributed by atoms with E-state index in [9.17, 15) is 15.5 Å². The fraction of sp³-hybridized carbons (Fsp3) is 0.600. The third-order valence-electron chi connectivity index (χ3n) is 3.81. The Balaban J connectivity index is 3.60. The molecule has 6 nitrogen and oxygen atoms in total. The molecule has 0 bridgehead atoms. The third kappa shape index (κ3) is 5.03. The summed E-state index contributed by atoms with van der Waals surface area (Å²) in [5.41, 5.74) is 1.28. The first-order valence-corrected chi connectivity index (χ1v) is 9.03. The molecule has 0 fully saturated rings. The van der Waals surface area contributed by atoms with Crippen LogP contribution in [0, 0.1) is 0 Å². The highest BCUT2D eigenvalue weighted by atomic mass is 79.9. The molecule has 0 amide bonds. The maximum atomic E-state index is 10.1. The van der Waals surface area contributed by atoms with Crippen molar-refractivity contribution in [2.75, 3.05) is 33.9 Å². The van der Waals surface area contributed by atoms with Crippen LogP contribution in [0.3, 0.4) is 0 Å². The number of nitrogens with zero attached hydrogens (tertiary/aromatic N) is 2. The van der Waals surface area contributed by atoms with Gasteiger partial charge >= 0.3 is 0 Å². The molecule has 0 saturated heterocycles. The normalized spacial score (nSPS) is 13.6. The van der Waals surface area contributed by atoms with Gasteiger partial charge in [0.1, 0.15) is 12.1 Å². The first-order valence-electron chi connectivity index (χ1n) is 7.48. The highest BCUT2D eigenvalue weighted by Crippen LogP contribution is 2.48. The Bertz CT molecular complexity index is 582. The van der Waals surface area contributed by atoms with E-state index < -0.39 is 4.81 Å². The summed E-state index contributed by atoms with van der Waals surface area (Å²) in [5, 5.41) is 39.0. The largest absolute Gasteiger partial charge is 0.396 e. The second-order valence-corrected chi connectivity index (χ2v) is 7.52. The van der Waals surface area contributed by atoms with Crippen molar-refractivity contribution in [3.63, 3.8) is 0 Å². The molecule has 0 aliphatic carbocycles. The van der Waals surface area contributed by atoms with Crippen LogP contribution in [0.5, 0.6) is 0 Å². The molecule has 0 spiro atoms. The Hall–Kier alpha value is 0.0400. The number of hydrogen-bond donors (Lipinski definition) is 4. The molecular formula is C15H24BrCl2N2O4+. The van der Waals surface area contributed by atoms with Crippen LogP contribution in [0.2, 0.25) is 10.0 Å². The van der Waals surface area contributed by atoms with Crippen LogP contribution >= 0.6 is 39.1 Å². The lowest BCUT2D eigenvalue weighted by atomic mass is 9.94. The Labute approximate surface area is 160 Å². The number of hydroxylamine groups is 2. The Morgan fingerprint density at radius 3 is 2.21 bits per heavy atom. The predicted molar refractivity (Wildman–Crippen MR) is 99.0 cm³/mol. The number of halogens is 3. The maximum Gasteiger partial charge on any atom is 0.232 e. The quantitative estimate of drug-likeness (QED) is 0.363. The number of likely N-dealkylation sites (N-methyl/N-ethyl adjacent to an activating group) is 1. The summed E-state index contributed by atoms with van der Waals surface area (Å²) >= 11 is 16.4. The molecule has 1 unspecified atom stereocenters. The van der Waals surface area contributed by atoms with E-state index in [0.717, 1.165) is 0 Å². The summed E-state index contributed by atoms with van der Waals surface area (Å²) in [6.45, 7) is 2.63. The first-order chi connectivity index (χ1) is 11.1. The van der Waals surface area contributed by atoms with Gasteiger partial charge in [-0.1, -0.05) is 30.1 Å². The van der Waals surface area contributed by atoms with E-state index in [1.165, 1.54) is 7.05 Å². The van der Waals surface area contributed by atoms with E-state index in [0.29, 0.717) is 40.1 Å². The smallest absolute Gasteiger partial charge is 0.232 e. The van der Waals surface area contributed by atoms with Crippen LogP contribution in [-0.4, -0.2) is 59.4 Å². The number of benzene rings is 1. The monoisotopic (exact) mass is 445 g/mol. The van der Waals surface area contributed by atoms with Gasteiger partial charge in [0.15, 0.2) is 0 Å². The predicted octanol–water partition coefficient (Wildman–Crippen LogP) is 3.38. The van der Waals surface area contributed by atoms with Gasteiger partial charge in [0.2, 0.25) is 5.69 Å². The lowest BCUT2D eigenvalue weighted by molar-refractivity contribution is -0.272. The molecule has 1 rings (SSSR count). The van der Waals surface area contributed by atoms with Crippen LogP contribution in [0.4, 0.5) is 5.69 Å². The van der Waals surface area contributed by atoms with Gasteiger partial charge in [-0.2, -0.15) is 10.4 Å². The van der Waals surface area contributed by atoms with E-state index in [2.05, 4.69) is 15.9 Å². The summed E-state index contributed by atoms with van der Waals surface area (Å²) in [4.78, 5) is 0.398. The lowest BCUT2D eigenvalue weighted by Gasteiger charge is -2.26. The van der Waals surface area contributed by atoms with Crippen molar-refractivity contribution in [3.05, 3.63) is 25.6 Å². The number of rotatable bonds is 8. The minimum Gasteiger partial charge on any atom is -0.396 e. The molecule has 0 aliphatic heterocycles. The van der Waals surface area contributed by atoms with E-state index >= 15 is 0 Å². The molecule has 138 valence electrons. The van der Waals surface area contributed by atoms with Gasteiger partial charge in [0.25, 0.3) is 0 Å². The molecule has 9 heteroatoms. The molecule has 1 aromatic carbocycles. The summed E-state index contributed by atoms with van der Waals surface area (Å²) in [5.74, 6) is -0.171. The minimum atomic E-state index is -1.45. The average Bonchev–Trinajstić information content (AvgIpc) is 2.42. The molecule has 0 radical (unpaired) electrons. The average molecular weight is 447 g/mol. The van der Waals surface area contributed by atoms with E-state index in [-0.39, 0.29) is 29.8 Å². The van der Waals surface area contributed by atoms with Crippen LogP contribution < -0.4 is 4.81 Å². The molecule has 1 aromatic rings.